The minimum Gasteiger partial charge on any atom is -0.507 e. The molecule has 0 aliphatic carbocycles. The molecule has 0 aliphatic heterocycles. The summed E-state index contributed by atoms with van der Waals surface area (Å²) < 4.78 is 0. The second kappa shape index (κ2) is 3.50. The van der Waals surface area contributed by atoms with Crippen molar-refractivity contribution in [1.29, 1.82) is 5.26 Å². The predicted octanol–water partition coefficient (Wildman–Crippen LogP) is 0.889. The van der Waals surface area contributed by atoms with Crippen LogP contribution in [0.2, 0.25) is 0 Å². The summed E-state index contributed by atoms with van der Waals surface area (Å²) in [5, 5.41) is 17.7. The van der Waals surface area contributed by atoms with Crippen LogP contribution < -0.4 is 0 Å². The fourth-order valence-electron chi connectivity index (χ4n) is 0.950. The van der Waals surface area contributed by atoms with Crippen molar-refractivity contribution in [3.63, 3.8) is 0 Å². The maximum Gasteiger partial charge on any atom is 0.154 e. The third-order valence-corrected chi connectivity index (χ3v) is 1.56. The maximum atomic E-state index is 10.4. The minimum absolute atomic E-state index is 0.0200. The van der Waals surface area contributed by atoms with Gasteiger partial charge in [0.05, 0.1) is 17.2 Å². The average Bonchev–Trinajstić information content (AvgIpc) is 2.16. The van der Waals surface area contributed by atoms with Gasteiger partial charge in [0.2, 0.25) is 0 Å². The third-order valence-electron chi connectivity index (χ3n) is 1.56. The van der Waals surface area contributed by atoms with Crippen LogP contribution in [-0.4, -0.2) is 17.7 Å². The molecule has 1 N–H and O–H groups in total. The van der Waals surface area contributed by atoms with E-state index >= 15 is 0 Å². The van der Waals surface area contributed by atoms with Crippen molar-refractivity contribution in [1.82, 2.24) is 0 Å². The van der Waals surface area contributed by atoms with Gasteiger partial charge >= 0.3 is 0 Å². The van der Waals surface area contributed by atoms with Crippen molar-refractivity contribution in [3.05, 3.63) is 28.8 Å². The van der Waals surface area contributed by atoms with Crippen LogP contribution in [0.5, 0.6) is 5.75 Å². The number of rotatable bonds is 2. The van der Waals surface area contributed by atoms with Gasteiger partial charge < -0.3 is 5.11 Å². The lowest BCUT2D eigenvalue weighted by molar-refractivity contribution is 0.109. The second-order valence-electron chi connectivity index (χ2n) is 2.35. The van der Waals surface area contributed by atoms with Crippen LogP contribution in [0.3, 0.4) is 0 Å². The molecule has 0 aliphatic rings. The van der Waals surface area contributed by atoms with Crippen LogP contribution >= 0.6 is 0 Å². The molecule has 1 rings (SSSR count). The number of carbonyl (C=O) groups excluding carboxylic acids is 2. The number of nitrogens with zero attached hydrogens (tertiary/aromatic N) is 1. The number of benzene rings is 1. The molecule has 0 spiro atoms. The topological polar surface area (TPSA) is 78.2 Å². The number of hydrogen-bond acceptors (Lipinski definition) is 4. The van der Waals surface area contributed by atoms with E-state index in [4.69, 9.17) is 5.26 Å². The lowest BCUT2D eigenvalue weighted by atomic mass is 10.1. The Kier molecular flexibility index (Phi) is 2.41. The normalized spacial score (nSPS) is 8.85. The molecular weight excluding hydrogens is 170 g/mol. The molecule has 0 amide bonds. The number of carbonyl (C=O) groups is 2. The van der Waals surface area contributed by atoms with Gasteiger partial charge in [0.25, 0.3) is 0 Å². The number of nitriles is 1. The van der Waals surface area contributed by atoms with Crippen molar-refractivity contribution in [2.75, 3.05) is 0 Å². The van der Waals surface area contributed by atoms with E-state index in [9.17, 15) is 14.7 Å². The Balaban J connectivity index is 3.48. The first-order valence-corrected chi connectivity index (χ1v) is 3.40. The van der Waals surface area contributed by atoms with Crippen LogP contribution in [0, 0.1) is 11.3 Å². The molecule has 0 saturated carbocycles. The van der Waals surface area contributed by atoms with Crippen molar-refractivity contribution < 1.29 is 14.7 Å². The quantitative estimate of drug-likeness (QED) is 0.677. The Morgan fingerprint density at radius 3 is 2.46 bits per heavy atom. The standard InChI is InChI=1S/C9H5NO3/c10-3-6-1-7(4-11)8(5-12)9(13)2-6/h1-2,4-5,13H. The molecule has 13 heavy (non-hydrogen) atoms. The molecule has 0 radical (unpaired) electrons. The summed E-state index contributed by atoms with van der Waals surface area (Å²) in [6.45, 7) is 0. The van der Waals surface area contributed by atoms with Gasteiger partial charge in [-0.25, -0.2) is 0 Å². The highest BCUT2D eigenvalue weighted by Crippen LogP contribution is 2.20. The molecule has 64 valence electrons. The molecule has 0 fully saturated rings. The van der Waals surface area contributed by atoms with Gasteiger partial charge in [-0.1, -0.05) is 0 Å². The van der Waals surface area contributed by atoms with Gasteiger partial charge in [0.1, 0.15) is 5.75 Å². The first-order chi connectivity index (χ1) is 6.22. The Morgan fingerprint density at radius 2 is 2.00 bits per heavy atom. The van der Waals surface area contributed by atoms with E-state index in [0.29, 0.717) is 12.6 Å². The molecule has 1 aromatic carbocycles. The van der Waals surface area contributed by atoms with E-state index < -0.39 is 0 Å². The maximum absolute atomic E-state index is 10.4. The van der Waals surface area contributed by atoms with E-state index in [1.165, 1.54) is 6.07 Å². The predicted molar refractivity (Wildman–Crippen MR) is 43.6 cm³/mol. The lowest BCUT2D eigenvalue weighted by Gasteiger charge is -2.00. The Labute approximate surface area is 74.0 Å². The first-order valence-electron chi connectivity index (χ1n) is 3.40. The zero-order valence-electron chi connectivity index (χ0n) is 6.52. The van der Waals surface area contributed by atoms with E-state index in [2.05, 4.69) is 0 Å². The van der Waals surface area contributed by atoms with E-state index in [1.54, 1.807) is 6.07 Å². The monoisotopic (exact) mass is 175 g/mol. The summed E-state index contributed by atoms with van der Waals surface area (Å²) in [5.41, 5.74) is 0.0748. The minimum atomic E-state index is -0.351. The van der Waals surface area contributed by atoms with Crippen LogP contribution in [0.1, 0.15) is 26.3 Å². The van der Waals surface area contributed by atoms with Crippen molar-refractivity contribution in [2.24, 2.45) is 0 Å². The molecule has 1 aromatic rings. The number of aromatic hydroxyl groups is 1. The highest BCUT2D eigenvalue weighted by Gasteiger charge is 2.08. The molecule has 4 nitrogen and oxygen atoms in total. The van der Waals surface area contributed by atoms with E-state index in [1.807, 2.05) is 0 Å². The fourth-order valence-corrected chi connectivity index (χ4v) is 0.950. The lowest BCUT2D eigenvalue weighted by Crippen LogP contribution is -1.92. The Bertz CT molecular complexity index is 404. The smallest absolute Gasteiger partial charge is 0.154 e. The van der Waals surface area contributed by atoms with Gasteiger partial charge in [-0.3, -0.25) is 9.59 Å². The zero-order valence-corrected chi connectivity index (χ0v) is 6.52. The van der Waals surface area contributed by atoms with Crippen LogP contribution in [0.25, 0.3) is 0 Å². The molecule has 0 saturated heterocycles. The highest BCUT2D eigenvalue weighted by atomic mass is 16.3. The van der Waals surface area contributed by atoms with Crippen molar-refractivity contribution in [3.8, 4) is 11.8 Å². The molecule has 0 unspecified atom stereocenters. The summed E-state index contributed by atoms with van der Waals surface area (Å²) in [4.78, 5) is 20.8. The van der Waals surface area contributed by atoms with E-state index in [-0.39, 0.29) is 22.4 Å². The van der Waals surface area contributed by atoms with Gasteiger partial charge in [-0.05, 0) is 12.1 Å². The van der Waals surface area contributed by atoms with Gasteiger partial charge in [-0.2, -0.15) is 5.26 Å². The third kappa shape index (κ3) is 1.54. The first kappa shape index (κ1) is 8.94. The molecule has 0 bridgehead atoms. The Morgan fingerprint density at radius 1 is 1.31 bits per heavy atom. The molecule has 0 heterocycles. The molecule has 0 aromatic heterocycles. The summed E-state index contributed by atoms with van der Waals surface area (Å²) in [6.07, 6.45) is 0.796. The summed E-state index contributed by atoms with van der Waals surface area (Å²) >= 11 is 0. The number of aldehydes is 2. The van der Waals surface area contributed by atoms with Gasteiger partial charge in [-0.15, -0.1) is 0 Å². The van der Waals surface area contributed by atoms with Crippen LogP contribution in [0.4, 0.5) is 0 Å². The van der Waals surface area contributed by atoms with Crippen LogP contribution in [-0.2, 0) is 0 Å². The number of phenolic OH excluding ortho intramolecular Hbond substituents is 1. The summed E-state index contributed by atoms with van der Waals surface area (Å²) in [6, 6.07) is 4.14. The van der Waals surface area contributed by atoms with Gasteiger partial charge in [0.15, 0.2) is 12.6 Å². The highest BCUT2D eigenvalue weighted by molar-refractivity contribution is 5.93. The SMILES string of the molecule is N#Cc1cc(O)c(C=O)c(C=O)c1. The summed E-state index contributed by atoms with van der Waals surface area (Å²) in [7, 11) is 0. The molecular formula is C9H5NO3. The average molecular weight is 175 g/mol. The Hall–Kier alpha value is -2.15. The number of hydrogen-bond donors (Lipinski definition) is 1. The largest absolute Gasteiger partial charge is 0.507 e. The molecule has 4 heteroatoms. The van der Waals surface area contributed by atoms with Crippen molar-refractivity contribution in [2.45, 2.75) is 0 Å². The van der Waals surface area contributed by atoms with Gasteiger partial charge in [0, 0.05) is 5.56 Å². The fraction of sp³-hybridized carbons (Fsp3) is 0. The van der Waals surface area contributed by atoms with E-state index in [0.717, 1.165) is 6.07 Å². The summed E-state index contributed by atoms with van der Waals surface area (Å²) in [5.74, 6) is -0.351. The number of phenols is 1. The van der Waals surface area contributed by atoms with Crippen molar-refractivity contribution >= 4 is 12.6 Å². The second-order valence-corrected chi connectivity index (χ2v) is 2.35. The molecule has 0 atom stereocenters. The zero-order chi connectivity index (χ0) is 9.84. The van der Waals surface area contributed by atoms with Crippen LogP contribution in [0.15, 0.2) is 12.1 Å².